The number of thioether (sulfide) groups is 1. The molecule has 3 N–H and O–H groups in total. The predicted molar refractivity (Wildman–Crippen MR) is 74.6 cm³/mol. The van der Waals surface area contributed by atoms with Gasteiger partial charge in [-0.1, -0.05) is 0 Å². The number of nitrogen functional groups attached to an aromatic ring is 1. The van der Waals surface area contributed by atoms with E-state index >= 15 is 0 Å². The monoisotopic (exact) mass is 260 g/mol. The van der Waals surface area contributed by atoms with E-state index in [-0.39, 0.29) is 0 Å². The molecule has 0 saturated heterocycles. The summed E-state index contributed by atoms with van der Waals surface area (Å²) in [5.41, 5.74) is 5.76. The fourth-order valence-corrected chi connectivity index (χ4v) is 2.77. The largest absolute Gasteiger partial charge is 0.382 e. The van der Waals surface area contributed by atoms with Crippen LogP contribution in [0.5, 0.6) is 0 Å². The topological polar surface area (TPSA) is 54.2 Å². The van der Waals surface area contributed by atoms with Crippen LogP contribution in [0.2, 0.25) is 0 Å². The molecule has 0 saturated carbocycles. The van der Waals surface area contributed by atoms with Gasteiger partial charge in [0.15, 0.2) is 5.82 Å². The normalized spacial score (nSPS) is 11.4. The molecule has 0 radical (unpaired) electrons. The van der Waals surface area contributed by atoms with Crippen molar-refractivity contribution in [3.63, 3.8) is 0 Å². The maximum Gasteiger partial charge on any atom is 0.153 e. The van der Waals surface area contributed by atoms with Crippen LogP contribution in [0.3, 0.4) is 0 Å². The molecule has 0 fully saturated rings. The zero-order valence-corrected chi connectivity index (χ0v) is 11.9. The standard InChI is InChI=1S/C10H20N4S2/c1-7(2)14(3)6-5-12-10-8(15-4)9(11)13-16-10/h7,12H,5-6H2,1-4H3,(H2,11,13). The lowest BCUT2D eigenvalue weighted by molar-refractivity contribution is 0.284. The van der Waals surface area contributed by atoms with E-state index < -0.39 is 0 Å². The van der Waals surface area contributed by atoms with Crippen LogP contribution in [0, 0.1) is 0 Å². The number of hydrogen-bond donors (Lipinski definition) is 2. The van der Waals surface area contributed by atoms with Gasteiger partial charge in [-0.3, -0.25) is 0 Å². The van der Waals surface area contributed by atoms with Crippen LogP contribution in [0.15, 0.2) is 4.90 Å². The van der Waals surface area contributed by atoms with Crippen LogP contribution in [0.4, 0.5) is 10.8 Å². The van der Waals surface area contributed by atoms with Crippen LogP contribution >= 0.6 is 23.3 Å². The molecule has 6 heteroatoms. The second kappa shape index (κ2) is 6.32. The molecule has 0 unspecified atom stereocenters. The van der Waals surface area contributed by atoms with E-state index in [9.17, 15) is 0 Å². The molecule has 0 amide bonds. The maximum absolute atomic E-state index is 5.76. The summed E-state index contributed by atoms with van der Waals surface area (Å²) in [7, 11) is 2.13. The smallest absolute Gasteiger partial charge is 0.153 e. The molecule has 0 aromatic carbocycles. The van der Waals surface area contributed by atoms with Crippen LogP contribution in [-0.2, 0) is 0 Å². The van der Waals surface area contributed by atoms with Gasteiger partial charge in [0.1, 0.15) is 5.00 Å². The van der Waals surface area contributed by atoms with E-state index in [0.717, 1.165) is 23.0 Å². The van der Waals surface area contributed by atoms with Gasteiger partial charge in [0.2, 0.25) is 0 Å². The third-order valence-electron chi connectivity index (χ3n) is 2.51. The molecule has 1 heterocycles. The number of anilines is 2. The Bertz CT molecular complexity index is 325. The van der Waals surface area contributed by atoms with E-state index in [0.29, 0.717) is 11.9 Å². The van der Waals surface area contributed by atoms with Gasteiger partial charge in [0.25, 0.3) is 0 Å². The Morgan fingerprint density at radius 1 is 1.56 bits per heavy atom. The van der Waals surface area contributed by atoms with Crippen LogP contribution in [0.25, 0.3) is 0 Å². The zero-order chi connectivity index (χ0) is 12.1. The first-order valence-electron chi connectivity index (χ1n) is 5.29. The fourth-order valence-electron chi connectivity index (χ4n) is 1.21. The molecule has 92 valence electrons. The Labute approximate surface area is 106 Å². The zero-order valence-electron chi connectivity index (χ0n) is 10.3. The highest BCUT2D eigenvalue weighted by atomic mass is 32.2. The minimum Gasteiger partial charge on any atom is -0.382 e. The number of likely N-dealkylation sites (N-methyl/N-ethyl adjacent to an activating group) is 1. The lowest BCUT2D eigenvalue weighted by atomic mass is 10.3. The van der Waals surface area contributed by atoms with Crippen molar-refractivity contribution in [1.82, 2.24) is 9.27 Å². The predicted octanol–water partition coefficient (Wildman–Crippen LogP) is 2.20. The van der Waals surface area contributed by atoms with Crippen molar-refractivity contribution in [1.29, 1.82) is 0 Å². The Balaban J connectivity index is 2.43. The summed E-state index contributed by atoms with van der Waals surface area (Å²) in [5, 5.41) is 4.47. The second-order valence-electron chi connectivity index (χ2n) is 3.93. The van der Waals surface area contributed by atoms with Gasteiger partial charge in [-0.25, -0.2) is 0 Å². The summed E-state index contributed by atoms with van der Waals surface area (Å²) in [6.45, 7) is 6.32. The van der Waals surface area contributed by atoms with Crippen LogP contribution < -0.4 is 11.1 Å². The first-order valence-corrected chi connectivity index (χ1v) is 7.29. The maximum atomic E-state index is 5.76. The Morgan fingerprint density at radius 2 is 2.25 bits per heavy atom. The number of aromatic nitrogens is 1. The highest BCUT2D eigenvalue weighted by Crippen LogP contribution is 2.34. The summed E-state index contributed by atoms with van der Waals surface area (Å²) < 4.78 is 4.14. The van der Waals surface area contributed by atoms with E-state index in [1.807, 2.05) is 6.26 Å². The molecule has 0 aliphatic rings. The van der Waals surface area contributed by atoms with Crippen molar-refractivity contribution in [2.24, 2.45) is 0 Å². The third-order valence-corrected chi connectivity index (χ3v) is 4.28. The lowest BCUT2D eigenvalue weighted by Gasteiger charge is -2.20. The molecular formula is C10H20N4S2. The van der Waals surface area contributed by atoms with Crippen molar-refractivity contribution in [2.45, 2.75) is 24.8 Å². The molecule has 0 spiro atoms. The molecule has 0 aliphatic carbocycles. The molecule has 0 aliphatic heterocycles. The first-order chi connectivity index (χ1) is 7.56. The molecule has 4 nitrogen and oxygen atoms in total. The van der Waals surface area contributed by atoms with Gasteiger partial charge in [-0.2, -0.15) is 4.37 Å². The number of nitrogens with zero attached hydrogens (tertiary/aromatic N) is 2. The number of nitrogens with two attached hydrogens (primary N) is 1. The highest BCUT2D eigenvalue weighted by molar-refractivity contribution is 7.99. The van der Waals surface area contributed by atoms with Crippen LogP contribution in [-0.4, -0.2) is 41.7 Å². The SMILES string of the molecule is CSc1c(N)nsc1NCCN(C)C(C)C. The minimum atomic E-state index is 0.577. The van der Waals surface area contributed by atoms with Gasteiger partial charge in [0, 0.05) is 19.1 Å². The average Bonchev–Trinajstić information content (AvgIpc) is 2.59. The van der Waals surface area contributed by atoms with Gasteiger partial charge in [-0.15, -0.1) is 11.8 Å². The minimum absolute atomic E-state index is 0.577. The Hall–Kier alpha value is -0.460. The summed E-state index contributed by atoms with van der Waals surface area (Å²) in [6.07, 6.45) is 2.02. The quantitative estimate of drug-likeness (QED) is 0.768. The molecule has 1 aromatic heterocycles. The summed E-state index contributed by atoms with van der Waals surface area (Å²) >= 11 is 3.08. The van der Waals surface area contributed by atoms with E-state index in [1.54, 1.807) is 11.8 Å². The van der Waals surface area contributed by atoms with Crippen LogP contribution in [0.1, 0.15) is 13.8 Å². The van der Waals surface area contributed by atoms with Gasteiger partial charge in [0.05, 0.1) is 4.90 Å². The molecule has 1 aromatic rings. The highest BCUT2D eigenvalue weighted by Gasteiger charge is 2.10. The lowest BCUT2D eigenvalue weighted by Crippen LogP contribution is -2.31. The van der Waals surface area contributed by atoms with Crippen molar-refractivity contribution >= 4 is 34.1 Å². The van der Waals surface area contributed by atoms with Crippen molar-refractivity contribution in [3.8, 4) is 0 Å². The Morgan fingerprint density at radius 3 is 2.81 bits per heavy atom. The molecule has 0 bridgehead atoms. The average molecular weight is 260 g/mol. The Kier molecular flexibility index (Phi) is 5.37. The third kappa shape index (κ3) is 3.54. The summed E-state index contributed by atoms with van der Waals surface area (Å²) in [5.74, 6) is 0.636. The summed E-state index contributed by atoms with van der Waals surface area (Å²) in [6, 6.07) is 0.577. The summed E-state index contributed by atoms with van der Waals surface area (Å²) in [4.78, 5) is 3.37. The van der Waals surface area contributed by atoms with E-state index in [1.165, 1.54) is 11.5 Å². The van der Waals surface area contributed by atoms with Gasteiger partial charge >= 0.3 is 0 Å². The first kappa shape index (κ1) is 13.6. The van der Waals surface area contributed by atoms with Crippen molar-refractivity contribution in [3.05, 3.63) is 0 Å². The number of hydrogen-bond acceptors (Lipinski definition) is 6. The molecular weight excluding hydrogens is 240 g/mol. The second-order valence-corrected chi connectivity index (χ2v) is 5.52. The van der Waals surface area contributed by atoms with E-state index in [2.05, 4.69) is 35.5 Å². The number of rotatable bonds is 6. The van der Waals surface area contributed by atoms with E-state index in [4.69, 9.17) is 5.73 Å². The van der Waals surface area contributed by atoms with Gasteiger partial charge in [-0.05, 0) is 38.7 Å². The van der Waals surface area contributed by atoms with Crippen molar-refractivity contribution in [2.75, 3.05) is 37.4 Å². The number of nitrogens with one attached hydrogen (secondary N) is 1. The van der Waals surface area contributed by atoms with Crippen molar-refractivity contribution < 1.29 is 0 Å². The molecule has 1 rings (SSSR count). The molecule has 16 heavy (non-hydrogen) atoms. The molecule has 0 atom stereocenters. The van der Waals surface area contributed by atoms with Gasteiger partial charge < -0.3 is 16.0 Å². The fraction of sp³-hybridized carbons (Fsp3) is 0.700.